The minimum atomic E-state index is -0.299. The lowest BCUT2D eigenvalue weighted by Gasteiger charge is -2.11. The Kier molecular flexibility index (Phi) is 5.49. The van der Waals surface area contributed by atoms with Crippen LogP contribution in [0.3, 0.4) is 0 Å². The lowest BCUT2D eigenvalue weighted by molar-refractivity contribution is 0.354. The standard InChI is InChI=1S/C26H23FN4O3/c1-4-20-24(17-6-8-18(27)9-7-17)25-28-14-19-21(31(25)29-20)11-12-30(26(19)32)15-16-5-10-22(33-2)23(13-16)34-3/h5-14H,4,15H2,1-3H3. The Morgan fingerprint density at radius 1 is 1.00 bits per heavy atom. The summed E-state index contributed by atoms with van der Waals surface area (Å²) < 4.78 is 27.5. The summed E-state index contributed by atoms with van der Waals surface area (Å²) in [6.07, 6.45) is 4.02. The van der Waals surface area contributed by atoms with Gasteiger partial charge in [-0.25, -0.2) is 13.9 Å². The summed E-state index contributed by atoms with van der Waals surface area (Å²) in [7, 11) is 3.16. The zero-order valence-electron chi connectivity index (χ0n) is 19.1. The van der Waals surface area contributed by atoms with Crippen LogP contribution in [0.5, 0.6) is 11.5 Å². The fourth-order valence-corrected chi connectivity index (χ4v) is 4.21. The Morgan fingerprint density at radius 3 is 2.47 bits per heavy atom. The molecule has 0 bridgehead atoms. The predicted molar refractivity (Wildman–Crippen MR) is 128 cm³/mol. The number of hydrogen-bond acceptors (Lipinski definition) is 5. The molecular formula is C26H23FN4O3. The molecule has 0 amide bonds. The number of benzene rings is 2. The molecule has 34 heavy (non-hydrogen) atoms. The number of aryl methyl sites for hydroxylation is 1. The summed E-state index contributed by atoms with van der Waals surface area (Å²) >= 11 is 0. The maximum absolute atomic E-state index is 13.5. The number of methoxy groups -OCH3 is 2. The van der Waals surface area contributed by atoms with Crippen LogP contribution in [0.2, 0.25) is 0 Å². The lowest BCUT2D eigenvalue weighted by Crippen LogP contribution is -2.21. The van der Waals surface area contributed by atoms with Crippen molar-refractivity contribution in [3.8, 4) is 22.6 Å². The van der Waals surface area contributed by atoms with E-state index in [-0.39, 0.29) is 11.4 Å². The molecule has 0 spiro atoms. The smallest absolute Gasteiger partial charge is 0.261 e. The third-order valence-corrected chi connectivity index (χ3v) is 5.93. The van der Waals surface area contributed by atoms with Gasteiger partial charge in [-0.15, -0.1) is 0 Å². The van der Waals surface area contributed by atoms with Crippen molar-refractivity contribution in [2.45, 2.75) is 19.9 Å². The van der Waals surface area contributed by atoms with Gasteiger partial charge in [0, 0.05) is 18.0 Å². The number of ether oxygens (including phenoxy) is 2. The first-order valence-electron chi connectivity index (χ1n) is 10.9. The number of halogens is 1. The van der Waals surface area contributed by atoms with Crippen LogP contribution in [0.15, 0.2) is 65.7 Å². The van der Waals surface area contributed by atoms with Crippen molar-refractivity contribution in [1.29, 1.82) is 0 Å². The van der Waals surface area contributed by atoms with E-state index >= 15 is 0 Å². The minimum Gasteiger partial charge on any atom is -0.493 e. The highest BCUT2D eigenvalue weighted by molar-refractivity contribution is 5.86. The fourth-order valence-electron chi connectivity index (χ4n) is 4.21. The molecule has 8 heteroatoms. The molecule has 0 saturated heterocycles. The van der Waals surface area contributed by atoms with Gasteiger partial charge in [-0.2, -0.15) is 5.10 Å². The average Bonchev–Trinajstić information content (AvgIpc) is 3.25. The molecule has 0 aliphatic rings. The van der Waals surface area contributed by atoms with Gasteiger partial charge in [-0.3, -0.25) is 4.79 Å². The Bertz CT molecular complexity index is 1570. The van der Waals surface area contributed by atoms with E-state index in [1.54, 1.807) is 47.8 Å². The van der Waals surface area contributed by atoms with E-state index in [9.17, 15) is 9.18 Å². The van der Waals surface area contributed by atoms with E-state index in [0.29, 0.717) is 41.0 Å². The highest BCUT2D eigenvalue weighted by Gasteiger charge is 2.18. The van der Waals surface area contributed by atoms with Gasteiger partial charge in [-0.1, -0.05) is 25.1 Å². The molecule has 0 aliphatic heterocycles. The summed E-state index contributed by atoms with van der Waals surface area (Å²) in [4.78, 5) is 17.9. The van der Waals surface area contributed by atoms with Crippen LogP contribution < -0.4 is 15.0 Å². The molecule has 2 aromatic carbocycles. The molecule has 0 fully saturated rings. The highest BCUT2D eigenvalue weighted by atomic mass is 19.1. The Morgan fingerprint density at radius 2 is 1.76 bits per heavy atom. The first kappa shape index (κ1) is 21.6. The van der Waals surface area contributed by atoms with Crippen LogP contribution in [0.1, 0.15) is 18.2 Å². The molecule has 0 aliphatic carbocycles. The zero-order chi connectivity index (χ0) is 23.8. The predicted octanol–water partition coefficient (Wildman–Crippen LogP) is 4.48. The molecule has 172 valence electrons. The summed E-state index contributed by atoms with van der Waals surface area (Å²) in [5.74, 6) is 0.937. The van der Waals surface area contributed by atoms with Crippen LogP contribution in [-0.4, -0.2) is 33.4 Å². The molecule has 0 radical (unpaired) electrons. The number of aromatic nitrogens is 4. The maximum atomic E-state index is 13.5. The fraction of sp³-hybridized carbons (Fsp3) is 0.192. The number of rotatable bonds is 6. The Hall–Kier alpha value is -4.20. The molecule has 5 rings (SSSR count). The molecule has 0 unspecified atom stereocenters. The third kappa shape index (κ3) is 3.57. The van der Waals surface area contributed by atoms with Gasteiger partial charge >= 0.3 is 0 Å². The second kappa shape index (κ2) is 8.62. The van der Waals surface area contributed by atoms with Gasteiger partial charge in [0.05, 0.1) is 37.4 Å². The van der Waals surface area contributed by atoms with Crippen LogP contribution in [0, 0.1) is 5.82 Å². The Labute approximate surface area is 195 Å². The number of fused-ring (bicyclic) bond motifs is 3. The van der Waals surface area contributed by atoms with E-state index in [4.69, 9.17) is 14.6 Å². The van der Waals surface area contributed by atoms with Crippen LogP contribution in [0.4, 0.5) is 4.39 Å². The first-order chi connectivity index (χ1) is 16.5. The van der Waals surface area contributed by atoms with Crippen LogP contribution in [0.25, 0.3) is 27.7 Å². The van der Waals surface area contributed by atoms with E-state index < -0.39 is 0 Å². The first-order valence-corrected chi connectivity index (χ1v) is 10.9. The molecule has 0 N–H and O–H groups in total. The number of hydrogen-bond donors (Lipinski definition) is 0. The topological polar surface area (TPSA) is 70.7 Å². The number of nitrogens with zero attached hydrogens (tertiary/aromatic N) is 4. The largest absolute Gasteiger partial charge is 0.493 e. The molecule has 3 aromatic heterocycles. The van der Waals surface area contributed by atoms with Crippen molar-refractivity contribution in [1.82, 2.24) is 19.2 Å². The van der Waals surface area contributed by atoms with Gasteiger partial charge < -0.3 is 14.0 Å². The molecule has 5 aromatic rings. The summed E-state index contributed by atoms with van der Waals surface area (Å²) in [5.41, 5.74) is 4.55. The van der Waals surface area contributed by atoms with Crippen molar-refractivity contribution in [2.75, 3.05) is 14.2 Å². The molecule has 3 heterocycles. The van der Waals surface area contributed by atoms with Crippen molar-refractivity contribution in [2.24, 2.45) is 0 Å². The SMILES string of the molecule is CCc1nn2c(ncc3c(=O)n(Cc4ccc(OC)c(OC)c4)ccc32)c1-c1ccc(F)cc1. The second-order valence-electron chi connectivity index (χ2n) is 7.91. The van der Waals surface area contributed by atoms with Crippen LogP contribution in [-0.2, 0) is 13.0 Å². The monoisotopic (exact) mass is 458 g/mol. The van der Waals surface area contributed by atoms with Gasteiger partial charge in [0.1, 0.15) is 5.82 Å². The normalized spacial score (nSPS) is 11.3. The van der Waals surface area contributed by atoms with Crippen molar-refractivity contribution < 1.29 is 13.9 Å². The summed E-state index contributed by atoms with van der Waals surface area (Å²) in [6.45, 7) is 2.38. The second-order valence-corrected chi connectivity index (χ2v) is 7.91. The van der Waals surface area contributed by atoms with E-state index in [2.05, 4.69) is 4.98 Å². The highest BCUT2D eigenvalue weighted by Crippen LogP contribution is 2.30. The lowest BCUT2D eigenvalue weighted by atomic mass is 10.0. The van der Waals surface area contributed by atoms with Gasteiger partial charge in [0.2, 0.25) is 0 Å². The van der Waals surface area contributed by atoms with Crippen LogP contribution >= 0.6 is 0 Å². The number of pyridine rings is 1. The zero-order valence-corrected chi connectivity index (χ0v) is 19.1. The quantitative estimate of drug-likeness (QED) is 0.375. The van der Waals surface area contributed by atoms with E-state index in [1.165, 1.54) is 12.1 Å². The summed E-state index contributed by atoms with van der Waals surface area (Å²) in [5, 5.41) is 5.20. The third-order valence-electron chi connectivity index (χ3n) is 5.93. The van der Waals surface area contributed by atoms with Crippen molar-refractivity contribution >= 4 is 16.6 Å². The summed E-state index contributed by atoms with van der Waals surface area (Å²) in [6, 6.07) is 13.7. The van der Waals surface area contributed by atoms with Gasteiger partial charge in [0.25, 0.3) is 5.56 Å². The molecule has 0 atom stereocenters. The van der Waals surface area contributed by atoms with Gasteiger partial charge in [0.15, 0.2) is 17.1 Å². The molecular weight excluding hydrogens is 435 g/mol. The van der Waals surface area contributed by atoms with E-state index in [1.807, 2.05) is 31.2 Å². The van der Waals surface area contributed by atoms with E-state index in [0.717, 1.165) is 22.4 Å². The van der Waals surface area contributed by atoms with Crippen molar-refractivity contribution in [3.63, 3.8) is 0 Å². The van der Waals surface area contributed by atoms with Crippen molar-refractivity contribution in [3.05, 3.63) is 88.4 Å². The molecule has 7 nitrogen and oxygen atoms in total. The molecule has 0 saturated carbocycles. The average molecular weight is 458 g/mol. The van der Waals surface area contributed by atoms with Gasteiger partial charge in [-0.05, 0) is 47.9 Å². The maximum Gasteiger partial charge on any atom is 0.261 e. The minimum absolute atomic E-state index is 0.168. The Balaban J connectivity index is 1.62.